The molecule has 0 bridgehead atoms. The number of ether oxygens (including phenoxy) is 1. The Balaban J connectivity index is 1.83. The van der Waals surface area contributed by atoms with E-state index in [0.717, 1.165) is 11.6 Å². The zero-order valence-electron chi connectivity index (χ0n) is 12.3. The van der Waals surface area contributed by atoms with Crippen molar-refractivity contribution in [3.05, 3.63) is 51.4 Å². The number of carbonyl (C=O) groups is 2. The van der Waals surface area contributed by atoms with Crippen LogP contribution in [0, 0.1) is 5.82 Å². The Morgan fingerprint density at radius 3 is 2.83 bits per heavy atom. The van der Waals surface area contributed by atoms with Crippen LogP contribution in [0.4, 0.5) is 10.1 Å². The summed E-state index contributed by atoms with van der Waals surface area (Å²) < 4.78 is 18.7. The van der Waals surface area contributed by atoms with E-state index in [4.69, 9.17) is 16.3 Å². The third-order valence-corrected chi connectivity index (χ3v) is 4.03. The van der Waals surface area contributed by atoms with Crippen LogP contribution in [0.15, 0.2) is 35.0 Å². The third-order valence-electron chi connectivity index (χ3n) is 3.06. The van der Waals surface area contributed by atoms with E-state index in [1.807, 2.05) is 16.8 Å². The number of rotatable bonds is 6. The van der Waals surface area contributed by atoms with Gasteiger partial charge in [0.1, 0.15) is 5.82 Å². The Labute approximate surface area is 142 Å². The first-order chi connectivity index (χ1) is 11.0. The highest BCUT2D eigenvalue weighted by atomic mass is 35.5. The lowest BCUT2D eigenvalue weighted by Crippen LogP contribution is -2.30. The van der Waals surface area contributed by atoms with Crippen molar-refractivity contribution >= 4 is 40.5 Å². The van der Waals surface area contributed by atoms with Crippen LogP contribution in [0.5, 0.6) is 0 Å². The zero-order chi connectivity index (χ0) is 16.8. The van der Waals surface area contributed by atoms with Gasteiger partial charge >= 0.3 is 5.97 Å². The summed E-state index contributed by atoms with van der Waals surface area (Å²) in [6.07, 6.45) is -0.272. The molecular weight excluding hydrogens is 341 g/mol. The average molecular weight is 356 g/mol. The molecule has 1 heterocycles. The molecule has 1 aromatic heterocycles. The molecule has 0 saturated heterocycles. The summed E-state index contributed by atoms with van der Waals surface area (Å²) in [7, 11) is 0. The molecule has 0 saturated carbocycles. The van der Waals surface area contributed by atoms with Gasteiger partial charge in [0.05, 0.1) is 5.69 Å². The lowest BCUT2D eigenvalue weighted by molar-refractivity contribution is -0.153. The minimum Gasteiger partial charge on any atom is -0.453 e. The predicted molar refractivity (Wildman–Crippen MR) is 88.2 cm³/mol. The van der Waals surface area contributed by atoms with E-state index in [-0.39, 0.29) is 17.1 Å². The van der Waals surface area contributed by atoms with Gasteiger partial charge < -0.3 is 10.1 Å². The van der Waals surface area contributed by atoms with E-state index in [0.29, 0.717) is 6.42 Å². The Morgan fingerprint density at radius 1 is 1.39 bits per heavy atom. The molecule has 1 aromatic carbocycles. The van der Waals surface area contributed by atoms with Gasteiger partial charge in [0, 0.05) is 11.4 Å². The number of amides is 1. The minimum absolute atomic E-state index is 0.0134. The van der Waals surface area contributed by atoms with Gasteiger partial charge in [-0.3, -0.25) is 9.59 Å². The third kappa shape index (κ3) is 5.33. The highest BCUT2D eigenvalue weighted by Crippen LogP contribution is 2.19. The van der Waals surface area contributed by atoms with E-state index >= 15 is 0 Å². The lowest BCUT2D eigenvalue weighted by atomic mass is 10.2. The van der Waals surface area contributed by atoms with Crippen LogP contribution >= 0.6 is 22.9 Å². The Morgan fingerprint density at radius 2 is 2.17 bits per heavy atom. The van der Waals surface area contributed by atoms with Crippen molar-refractivity contribution < 1.29 is 18.7 Å². The normalized spacial score (nSPS) is 11.8. The van der Waals surface area contributed by atoms with Crippen LogP contribution in [0.25, 0.3) is 0 Å². The van der Waals surface area contributed by atoms with Crippen LogP contribution < -0.4 is 5.32 Å². The zero-order valence-corrected chi connectivity index (χ0v) is 13.9. The van der Waals surface area contributed by atoms with E-state index in [9.17, 15) is 14.0 Å². The molecule has 122 valence electrons. The molecule has 0 radical (unpaired) electrons. The van der Waals surface area contributed by atoms with Gasteiger partial charge in [-0.15, -0.1) is 0 Å². The fraction of sp³-hybridized carbons (Fsp3) is 0.250. The van der Waals surface area contributed by atoms with Gasteiger partial charge in [0.15, 0.2) is 6.10 Å². The molecule has 0 aliphatic heterocycles. The first-order valence-electron chi connectivity index (χ1n) is 6.92. The summed E-state index contributed by atoms with van der Waals surface area (Å²) in [5.41, 5.74) is 1.04. The van der Waals surface area contributed by atoms with Gasteiger partial charge in [0.25, 0.3) is 5.91 Å². The number of nitrogens with one attached hydrogen (secondary N) is 1. The fourth-order valence-corrected chi connectivity index (χ4v) is 2.68. The number of carbonyl (C=O) groups excluding carboxylic acids is 2. The molecule has 4 nitrogen and oxygen atoms in total. The smallest absolute Gasteiger partial charge is 0.306 e. The number of aryl methyl sites for hydroxylation is 1. The quantitative estimate of drug-likeness (QED) is 0.795. The number of esters is 1. The van der Waals surface area contributed by atoms with Crippen LogP contribution in [-0.4, -0.2) is 18.0 Å². The number of anilines is 1. The predicted octanol–water partition coefficient (Wildman–Crippen LogP) is 4.04. The number of hydrogen-bond acceptors (Lipinski definition) is 4. The second-order valence-corrected chi connectivity index (χ2v) is 6.09. The highest BCUT2D eigenvalue weighted by Gasteiger charge is 2.19. The largest absolute Gasteiger partial charge is 0.453 e. The fourth-order valence-electron chi connectivity index (χ4n) is 1.82. The molecule has 0 aliphatic carbocycles. The maximum atomic E-state index is 13.6. The van der Waals surface area contributed by atoms with Gasteiger partial charge in [-0.2, -0.15) is 11.3 Å². The second kappa shape index (κ2) is 8.08. The van der Waals surface area contributed by atoms with Gasteiger partial charge in [-0.1, -0.05) is 11.6 Å². The average Bonchev–Trinajstić information content (AvgIpc) is 3.01. The number of thiophene rings is 1. The number of hydrogen-bond donors (Lipinski definition) is 1. The molecule has 1 amide bonds. The maximum Gasteiger partial charge on any atom is 0.306 e. The maximum absolute atomic E-state index is 13.6. The van der Waals surface area contributed by atoms with Crippen LogP contribution in [0.1, 0.15) is 18.9 Å². The van der Waals surface area contributed by atoms with Crippen LogP contribution in [-0.2, 0) is 20.7 Å². The Bertz CT molecular complexity index is 691. The van der Waals surface area contributed by atoms with Crippen LogP contribution in [0.3, 0.4) is 0 Å². The molecule has 0 aliphatic rings. The molecule has 7 heteroatoms. The van der Waals surface area contributed by atoms with E-state index in [1.165, 1.54) is 19.1 Å². The molecular formula is C16H15ClFNO3S. The Kier molecular flexibility index (Phi) is 6.12. The first-order valence-corrected chi connectivity index (χ1v) is 8.24. The van der Waals surface area contributed by atoms with E-state index in [2.05, 4.69) is 5.32 Å². The van der Waals surface area contributed by atoms with E-state index in [1.54, 1.807) is 11.3 Å². The summed E-state index contributed by atoms with van der Waals surface area (Å²) >= 11 is 7.19. The van der Waals surface area contributed by atoms with Crippen molar-refractivity contribution in [2.75, 3.05) is 5.32 Å². The molecule has 0 fully saturated rings. The van der Waals surface area contributed by atoms with E-state index < -0.39 is 23.8 Å². The number of halogens is 2. The highest BCUT2D eigenvalue weighted by molar-refractivity contribution is 7.07. The molecule has 1 unspecified atom stereocenters. The van der Waals surface area contributed by atoms with Crippen LogP contribution in [0.2, 0.25) is 5.02 Å². The molecule has 23 heavy (non-hydrogen) atoms. The number of benzene rings is 1. The minimum atomic E-state index is -1.01. The molecule has 1 atom stereocenters. The van der Waals surface area contributed by atoms with Crippen molar-refractivity contribution in [3.8, 4) is 0 Å². The second-order valence-electron chi connectivity index (χ2n) is 4.88. The van der Waals surface area contributed by atoms with Crippen molar-refractivity contribution in [1.29, 1.82) is 0 Å². The Hall–Kier alpha value is -1.92. The summed E-state index contributed by atoms with van der Waals surface area (Å²) in [5, 5.41) is 6.47. The van der Waals surface area contributed by atoms with Crippen molar-refractivity contribution in [3.63, 3.8) is 0 Å². The standard InChI is InChI=1S/C16H15ClFNO3S/c1-10(22-15(20)5-2-11-6-7-23-9-11)16(21)19-14-4-3-12(17)8-13(14)18/h3-4,6-10H,2,5H2,1H3,(H,19,21). The first kappa shape index (κ1) is 17.4. The summed E-state index contributed by atoms with van der Waals surface area (Å²) in [6, 6.07) is 5.82. The molecule has 2 rings (SSSR count). The topological polar surface area (TPSA) is 55.4 Å². The van der Waals surface area contributed by atoms with Gasteiger partial charge in [-0.25, -0.2) is 4.39 Å². The SMILES string of the molecule is CC(OC(=O)CCc1ccsc1)C(=O)Nc1ccc(Cl)cc1F. The summed E-state index contributed by atoms with van der Waals surface area (Å²) in [6.45, 7) is 1.44. The molecule has 0 spiro atoms. The lowest BCUT2D eigenvalue weighted by Gasteiger charge is -2.14. The van der Waals surface area contributed by atoms with Gasteiger partial charge in [-0.05, 0) is 53.9 Å². The summed E-state index contributed by atoms with van der Waals surface area (Å²) in [4.78, 5) is 23.7. The molecule has 1 N–H and O–H groups in total. The van der Waals surface area contributed by atoms with Crippen molar-refractivity contribution in [2.24, 2.45) is 0 Å². The molecule has 2 aromatic rings. The van der Waals surface area contributed by atoms with Gasteiger partial charge in [0.2, 0.25) is 0 Å². The monoisotopic (exact) mass is 355 g/mol. The summed E-state index contributed by atoms with van der Waals surface area (Å²) in [5.74, 6) is -1.73. The van der Waals surface area contributed by atoms with Crippen molar-refractivity contribution in [2.45, 2.75) is 25.9 Å². The van der Waals surface area contributed by atoms with Crippen molar-refractivity contribution in [1.82, 2.24) is 0 Å².